The molecule has 0 amide bonds. The minimum absolute atomic E-state index is 0.513. The first-order valence-electron chi connectivity index (χ1n) is 3.39. The highest BCUT2D eigenvalue weighted by Gasteiger charge is 2.38. The van der Waals surface area contributed by atoms with Crippen molar-refractivity contribution in [1.29, 1.82) is 0 Å². The third-order valence-corrected chi connectivity index (χ3v) is 5.71. The molecule has 0 bridgehead atoms. The predicted octanol–water partition coefficient (Wildman–Crippen LogP) is 1.69. The Bertz CT molecular complexity index is 97.7. The smallest absolute Gasteiger partial charge is 0.377 e. The standard InChI is InChI=1S/C6H15IO3Si/c1-6(7)5-11(8-2,9-3)10-4/h6H,5H2,1-4H3. The lowest BCUT2D eigenvalue weighted by Crippen LogP contribution is -2.44. The second-order valence-corrected chi connectivity index (χ2v) is 7.41. The molecule has 0 aromatic carbocycles. The van der Waals surface area contributed by atoms with Crippen LogP contribution >= 0.6 is 22.6 Å². The van der Waals surface area contributed by atoms with Gasteiger partial charge in [0.05, 0.1) is 0 Å². The Morgan fingerprint density at radius 1 is 1.18 bits per heavy atom. The van der Waals surface area contributed by atoms with E-state index < -0.39 is 8.80 Å². The molecule has 0 spiro atoms. The molecule has 1 unspecified atom stereocenters. The highest BCUT2D eigenvalue weighted by Crippen LogP contribution is 2.19. The van der Waals surface area contributed by atoms with Crippen molar-refractivity contribution in [3.63, 3.8) is 0 Å². The van der Waals surface area contributed by atoms with Gasteiger partial charge in [-0.1, -0.05) is 29.5 Å². The van der Waals surface area contributed by atoms with Gasteiger partial charge in [-0.3, -0.25) is 0 Å². The van der Waals surface area contributed by atoms with Crippen LogP contribution in [-0.2, 0) is 13.3 Å². The summed E-state index contributed by atoms with van der Waals surface area (Å²) in [6, 6.07) is 0.858. The molecule has 68 valence electrons. The Balaban J connectivity index is 4.05. The summed E-state index contributed by atoms with van der Waals surface area (Å²) in [4.78, 5) is 0. The Kier molecular flexibility index (Phi) is 5.88. The molecular formula is C6H15IO3Si. The van der Waals surface area contributed by atoms with Gasteiger partial charge in [0.2, 0.25) is 0 Å². The van der Waals surface area contributed by atoms with Crippen LogP contribution in [0.5, 0.6) is 0 Å². The van der Waals surface area contributed by atoms with Gasteiger partial charge in [-0.2, -0.15) is 0 Å². The summed E-state index contributed by atoms with van der Waals surface area (Å²) in [6.45, 7) is 2.11. The summed E-state index contributed by atoms with van der Waals surface area (Å²) >= 11 is 2.33. The molecule has 0 radical (unpaired) electrons. The molecule has 0 fully saturated rings. The molecule has 0 saturated carbocycles. The molecule has 3 nitrogen and oxygen atoms in total. The maximum absolute atomic E-state index is 5.24. The summed E-state index contributed by atoms with van der Waals surface area (Å²) in [5.41, 5.74) is 0. The minimum Gasteiger partial charge on any atom is -0.377 e. The first kappa shape index (κ1) is 11.8. The van der Waals surface area contributed by atoms with E-state index in [1.807, 2.05) is 0 Å². The molecule has 0 heterocycles. The Labute approximate surface area is 82.9 Å². The van der Waals surface area contributed by atoms with E-state index in [2.05, 4.69) is 29.5 Å². The fraction of sp³-hybridized carbons (Fsp3) is 1.00. The van der Waals surface area contributed by atoms with Gasteiger partial charge < -0.3 is 13.3 Å². The van der Waals surface area contributed by atoms with Crippen molar-refractivity contribution in [3.8, 4) is 0 Å². The van der Waals surface area contributed by atoms with Gasteiger partial charge in [0.25, 0.3) is 0 Å². The van der Waals surface area contributed by atoms with Gasteiger partial charge in [0.15, 0.2) is 0 Å². The van der Waals surface area contributed by atoms with Gasteiger partial charge in [-0.05, 0) is 0 Å². The van der Waals surface area contributed by atoms with Crippen molar-refractivity contribution >= 4 is 31.4 Å². The van der Waals surface area contributed by atoms with Crippen molar-refractivity contribution in [2.75, 3.05) is 21.3 Å². The fourth-order valence-electron chi connectivity index (χ4n) is 0.844. The van der Waals surface area contributed by atoms with Gasteiger partial charge in [0, 0.05) is 31.3 Å². The highest BCUT2D eigenvalue weighted by atomic mass is 127. The van der Waals surface area contributed by atoms with E-state index >= 15 is 0 Å². The number of hydrogen-bond acceptors (Lipinski definition) is 3. The van der Waals surface area contributed by atoms with E-state index in [0.29, 0.717) is 3.92 Å². The Morgan fingerprint density at radius 3 is 1.64 bits per heavy atom. The molecule has 0 aliphatic carbocycles. The third-order valence-electron chi connectivity index (χ3n) is 1.46. The first-order valence-corrected chi connectivity index (χ1v) is 6.57. The molecule has 1 atom stereocenters. The highest BCUT2D eigenvalue weighted by molar-refractivity contribution is 14.1. The SMILES string of the molecule is CO[Si](CC(C)I)(OC)OC. The van der Waals surface area contributed by atoms with Gasteiger partial charge >= 0.3 is 8.80 Å². The summed E-state index contributed by atoms with van der Waals surface area (Å²) in [7, 11) is 2.62. The number of hydrogen-bond donors (Lipinski definition) is 0. The summed E-state index contributed by atoms with van der Waals surface area (Å²) in [6.07, 6.45) is 0. The van der Waals surface area contributed by atoms with E-state index in [1.54, 1.807) is 21.3 Å². The van der Waals surface area contributed by atoms with Crippen molar-refractivity contribution in [3.05, 3.63) is 0 Å². The van der Waals surface area contributed by atoms with Gasteiger partial charge in [-0.15, -0.1) is 0 Å². The molecule has 0 aliphatic heterocycles. The van der Waals surface area contributed by atoms with Gasteiger partial charge in [-0.25, -0.2) is 0 Å². The van der Waals surface area contributed by atoms with Crippen LogP contribution in [0.3, 0.4) is 0 Å². The minimum atomic E-state index is -2.29. The molecule has 0 aromatic heterocycles. The van der Waals surface area contributed by atoms with Crippen molar-refractivity contribution in [1.82, 2.24) is 0 Å². The summed E-state index contributed by atoms with van der Waals surface area (Å²) in [5.74, 6) is 0. The van der Waals surface area contributed by atoms with E-state index in [0.717, 1.165) is 6.04 Å². The molecule has 0 N–H and O–H groups in total. The van der Waals surface area contributed by atoms with Crippen LogP contribution in [0.2, 0.25) is 6.04 Å². The molecule has 0 aliphatic rings. The maximum atomic E-state index is 5.24. The van der Waals surface area contributed by atoms with E-state index in [-0.39, 0.29) is 0 Å². The third kappa shape index (κ3) is 3.84. The predicted molar refractivity (Wildman–Crippen MR) is 55.1 cm³/mol. The van der Waals surface area contributed by atoms with E-state index in [1.165, 1.54) is 0 Å². The molecule has 11 heavy (non-hydrogen) atoms. The number of halogens is 1. The molecule has 0 aromatic rings. The van der Waals surface area contributed by atoms with E-state index in [4.69, 9.17) is 13.3 Å². The van der Waals surface area contributed by atoms with E-state index in [9.17, 15) is 0 Å². The van der Waals surface area contributed by atoms with Crippen LogP contribution in [0, 0.1) is 0 Å². The van der Waals surface area contributed by atoms with Gasteiger partial charge in [0.1, 0.15) is 0 Å². The summed E-state index contributed by atoms with van der Waals surface area (Å²) in [5, 5.41) is 0. The Morgan fingerprint density at radius 2 is 1.55 bits per heavy atom. The average Bonchev–Trinajstić information content (AvgIpc) is 2.00. The van der Waals surface area contributed by atoms with Crippen LogP contribution in [0.1, 0.15) is 6.92 Å². The average molecular weight is 290 g/mol. The monoisotopic (exact) mass is 290 g/mol. The topological polar surface area (TPSA) is 27.7 Å². The second kappa shape index (κ2) is 5.47. The summed E-state index contributed by atoms with van der Waals surface area (Å²) < 4.78 is 16.2. The molecule has 5 heteroatoms. The zero-order valence-corrected chi connectivity index (χ0v) is 10.5. The van der Waals surface area contributed by atoms with Crippen molar-refractivity contribution < 1.29 is 13.3 Å². The lowest BCUT2D eigenvalue weighted by molar-refractivity contribution is 0.124. The van der Waals surface area contributed by atoms with Crippen LogP contribution in [-0.4, -0.2) is 34.1 Å². The zero-order valence-electron chi connectivity index (χ0n) is 7.39. The number of alkyl halides is 1. The quantitative estimate of drug-likeness (QED) is 0.438. The van der Waals surface area contributed by atoms with Crippen LogP contribution < -0.4 is 0 Å². The zero-order chi connectivity index (χ0) is 8.91. The van der Waals surface area contributed by atoms with Crippen molar-refractivity contribution in [2.45, 2.75) is 16.9 Å². The fourth-order valence-corrected chi connectivity index (χ4v) is 4.15. The molecular weight excluding hydrogens is 275 g/mol. The van der Waals surface area contributed by atoms with Crippen molar-refractivity contribution in [2.24, 2.45) is 0 Å². The van der Waals surface area contributed by atoms with Crippen LogP contribution in [0.15, 0.2) is 0 Å². The lowest BCUT2D eigenvalue weighted by Gasteiger charge is -2.25. The maximum Gasteiger partial charge on any atom is 0.501 e. The van der Waals surface area contributed by atoms with Crippen LogP contribution in [0.4, 0.5) is 0 Å². The molecule has 0 saturated heterocycles. The molecule has 0 rings (SSSR count). The number of rotatable bonds is 5. The normalized spacial score (nSPS) is 15.0. The van der Waals surface area contributed by atoms with Crippen LogP contribution in [0.25, 0.3) is 0 Å². The largest absolute Gasteiger partial charge is 0.501 e. The first-order chi connectivity index (χ1) is 5.10. The lowest BCUT2D eigenvalue weighted by atomic mass is 10.6. The Hall–Kier alpha value is 0.827. The second-order valence-electron chi connectivity index (χ2n) is 2.28.